The quantitative estimate of drug-likeness (QED) is 0.404. The van der Waals surface area contributed by atoms with E-state index in [0.29, 0.717) is 30.3 Å². The molecule has 3 aromatic rings. The highest BCUT2D eigenvalue weighted by atomic mass is 32.2. The van der Waals surface area contributed by atoms with Gasteiger partial charge in [0, 0.05) is 31.2 Å². The number of nitrogens with one attached hydrogen (secondary N) is 2. The number of ether oxygens (including phenoxy) is 2. The molecule has 9 nitrogen and oxygen atoms in total. The molecule has 2 N–H and O–H groups in total. The maximum absolute atomic E-state index is 12.6. The minimum atomic E-state index is -3.75. The van der Waals surface area contributed by atoms with Crippen LogP contribution in [0.3, 0.4) is 0 Å². The van der Waals surface area contributed by atoms with Gasteiger partial charge in [0.15, 0.2) is 6.61 Å². The summed E-state index contributed by atoms with van der Waals surface area (Å²) < 4.78 is 40.4. The van der Waals surface area contributed by atoms with Crippen molar-refractivity contribution in [1.82, 2.24) is 14.9 Å². The Morgan fingerprint density at radius 3 is 2.38 bits per heavy atom. The van der Waals surface area contributed by atoms with Crippen LogP contribution in [-0.2, 0) is 21.4 Å². The second-order valence-electron chi connectivity index (χ2n) is 6.83. The van der Waals surface area contributed by atoms with E-state index in [1.807, 2.05) is 17.7 Å². The molecule has 0 aliphatic rings. The highest BCUT2D eigenvalue weighted by molar-refractivity contribution is 7.92. The molecule has 1 aromatic heterocycles. The van der Waals surface area contributed by atoms with Crippen LogP contribution in [0.5, 0.6) is 11.5 Å². The van der Waals surface area contributed by atoms with Crippen molar-refractivity contribution >= 4 is 21.6 Å². The Balaban J connectivity index is 1.44. The number of carbonyl (C=O) groups is 1. The van der Waals surface area contributed by atoms with Gasteiger partial charge in [-0.3, -0.25) is 9.52 Å². The molecule has 2 aromatic carbocycles. The molecule has 0 aliphatic carbocycles. The summed E-state index contributed by atoms with van der Waals surface area (Å²) in [6.45, 7) is 3.55. The average molecular weight is 459 g/mol. The molecular weight excluding hydrogens is 432 g/mol. The van der Waals surface area contributed by atoms with Crippen molar-refractivity contribution in [2.24, 2.45) is 0 Å². The highest BCUT2D eigenvalue weighted by Crippen LogP contribution is 2.21. The molecule has 0 saturated heterocycles. The van der Waals surface area contributed by atoms with Crippen LogP contribution < -0.4 is 19.5 Å². The first-order chi connectivity index (χ1) is 15.5. The third kappa shape index (κ3) is 7.02. The Labute approximate surface area is 187 Å². The van der Waals surface area contributed by atoms with Gasteiger partial charge in [-0.1, -0.05) is 0 Å². The number of imidazole rings is 1. The van der Waals surface area contributed by atoms with Crippen molar-refractivity contribution in [3.63, 3.8) is 0 Å². The van der Waals surface area contributed by atoms with Gasteiger partial charge in [-0.25, -0.2) is 13.4 Å². The molecular formula is C22H26N4O5S. The third-order valence-electron chi connectivity index (χ3n) is 4.40. The highest BCUT2D eigenvalue weighted by Gasteiger charge is 2.14. The van der Waals surface area contributed by atoms with Crippen molar-refractivity contribution in [3.05, 3.63) is 67.3 Å². The van der Waals surface area contributed by atoms with Crippen molar-refractivity contribution in [2.45, 2.75) is 24.8 Å². The molecule has 0 fully saturated rings. The van der Waals surface area contributed by atoms with E-state index in [1.165, 1.54) is 24.3 Å². The fraction of sp³-hybridized carbons (Fsp3) is 0.273. The minimum absolute atomic E-state index is 0.0858. The number of anilines is 1. The Hall–Kier alpha value is -3.53. The number of aryl methyl sites for hydroxylation is 1. The number of aromatic nitrogens is 2. The summed E-state index contributed by atoms with van der Waals surface area (Å²) in [5, 5.41) is 2.78. The van der Waals surface area contributed by atoms with E-state index in [2.05, 4.69) is 15.0 Å². The Morgan fingerprint density at radius 2 is 1.72 bits per heavy atom. The maximum Gasteiger partial charge on any atom is 0.261 e. The minimum Gasteiger partial charge on any atom is -0.494 e. The van der Waals surface area contributed by atoms with Gasteiger partial charge >= 0.3 is 0 Å². The van der Waals surface area contributed by atoms with Gasteiger partial charge in [0.2, 0.25) is 0 Å². The average Bonchev–Trinajstić information content (AvgIpc) is 3.31. The molecule has 32 heavy (non-hydrogen) atoms. The molecule has 1 amide bonds. The number of benzene rings is 2. The Kier molecular flexibility index (Phi) is 8.09. The van der Waals surface area contributed by atoms with Crippen LogP contribution in [0.2, 0.25) is 0 Å². The van der Waals surface area contributed by atoms with E-state index in [-0.39, 0.29) is 17.4 Å². The molecule has 0 bridgehead atoms. The molecule has 0 spiro atoms. The fourth-order valence-electron chi connectivity index (χ4n) is 2.82. The predicted molar refractivity (Wildman–Crippen MR) is 120 cm³/mol. The lowest BCUT2D eigenvalue weighted by atomic mass is 10.3. The summed E-state index contributed by atoms with van der Waals surface area (Å²) >= 11 is 0. The summed E-state index contributed by atoms with van der Waals surface area (Å²) in [7, 11) is -3.75. The lowest BCUT2D eigenvalue weighted by molar-refractivity contribution is -0.123. The van der Waals surface area contributed by atoms with Gasteiger partial charge in [0.1, 0.15) is 11.5 Å². The number of sulfonamides is 1. The van der Waals surface area contributed by atoms with E-state index >= 15 is 0 Å². The summed E-state index contributed by atoms with van der Waals surface area (Å²) in [5.74, 6) is 0.822. The molecule has 1 heterocycles. The van der Waals surface area contributed by atoms with Crippen molar-refractivity contribution in [1.29, 1.82) is 0 Å². The van der Waals surface area contributed by atoms with Crippen LogP contribution in [0.15, 0.2) is 72.1 Å². The lowest BCUT2D eigenvalue weighted by Gasteiger charge is -2.11. The summed E-state index contributed by atoms with van der Waals surface area (Å²) in [4.78, 5) is 15.9. The topological polar surface area (TPSA) is 112 Å². The van der Waals surface area contributed by atoms with E-state index in [4.69, 9.17) is 9.47 Å². The second kappa shape index (κ2) is 11.2. The number of carbonyl (C=O) groups excluding carboxylic acids is 1. The normalized spacial score (nSPS) is 11.0. The number of hydrogen-bond acceptors (Lipinski definition) is 6. The van der Waals surface area contributed by atoms with Crippen molar-refractivity contribution in [3.8, 4) is 11.5 Å². The maximum atomic E-state index is 12.6. The van der Waals surface area contributed by atoms with Gasteiger partial charge in [0.05, 0.1) is 17.8 Å². The summed E-state index contributed by atoms with van der Waals surface area (Å²) in [6, 6.07) is 12.5. The van der Waals surface area contributed by atoms with E-state index in [0.717, 1.165) is 13.0 Å². The Bertz CT molecular complexity index is 1080. The number of rotatable bonds is 12. The molecule has 0 atom stereocenters. The van der Waals surface area contributed by atoms with Crippen molar-refractivity contribution in [2.75, 3.05) is 24.5 Å². The van der Waals surface area contributed by atoms with Gasteiger partial charge in [0.25, 0.3) is 15.9 Å². The van der Waals surface area contributed by atoms with Crippen LogP contribution >= 0.6 is 0 Å². The second-order valence-corrected chi connectivity index (χ2v) is 8.51. The van der Waals surface area contributed by atoms with Crippen molar-refractivity contribution < 1.29 is 22.7 Å². The molecule has 0 aliphatic heterocycles. The van der Waals surface area contributed by atoms with Crippen LogP contribution in [0, 0.1) is 0 Å². The molecule has 0 radical (unpaired) electrons. The number of hydrogen-bond donors (Lipinski definition) is 2. The summed E-state index contributed by atoms with van der Waals surface area (Å²) in [6.07, 6.45) is 6.07. The predicted octanol–water partition coefficient (Wildman–Crippen LogP) is 2.67. The van der Waals surface area contributed by atoms with Crippen LogP contribution in [0.1, 0.15) is 13.3 Å². The molecule has 3 rings (SSSR count). The monoisotopic (exact) mass is 458 g/mol. The standard InChI is InChI=1S/C22H26N4O5S/c1-2-30-19-6-4-18(5-7-19)25-32(28,29)21-10-8-20(9-11-21)31-16-22(27)24-12-3-14-26-15-13-23-17-26/h4-11,13,15,17,25H,2-3,12,14,16H2,1H3,(H,24,27). The van der Waals surface area contributed by atoms with E-state index < -0.39 is 10.0 Å². The third-order valence-corrected chi connectivity index (χ3v) is 5.79. The zero-order chi connectivity index (χ0) is 22.8. The Morgan fingerprint density at radius 1 is 1.03 bits per heavy atom. The van der Waals surface area contributed by atoms with Gasteiger partial charge < -0.3 is 19.4 Å². The smallest absolute Gasteiger partial charge is 0.261 e. The molecule has 0 unspecified atom stereocenters. The zero-order valence-electron chi connectivity index (χ0n) is 17.7. The van der Waals surface area contributed by atoms with Gasteiger partial charge in [-0.2, -0.15) is 0 Å². The SMILES string of the molecule is CCOc1ccc(NS(=O)(=O)c2ccc(OCC(=O)NCCCn3ccnc3)cc2)cc1. The van der Waals surface area contributed by atoms with Crippen LogP contribution in [-0.4, -0.2) is 43.6 Å². The van der Waals surface area contributed by atoms with Gasteiger partial charge in [-0.15, -0.1) is 0 Å². The molecule has 0 saturated carbocycles. The first-order valence-electron chi connectivity index (χ1n) is 10.2. The number of nitrogens with zero attached hydrogens (tertiary/aromatic N) is 2. The first-order valence-corrected chi connectivity index (χ1v) is 11.7. The van der Waals surface area contributed by atoms with Gasteiger partial charge in [-0.05, 0) is 61.9 Å². The molecule has 170 valence electrons. The zero-order valence-corrected chi connectivity index (χ0v) is 18.5. The summed E-state index contributed by atoms with van der Waals surface area (Å²) in [5.41, 5.74) is 0.429. The van der Waals surface area contributed by atoms with Crippen LogP contribution in [0.25, 0.3) is 0 Å². The lowest BCUT2D eigenvalue weighted by Crippen LogP contribution is -2.30. The largest absolute Gasteiger partial charge is 0.494 e. The first kappa shape index (κ1) is 23.1. The molecule has 10 heteroatoms. The van der Waals surface area contributed by atoms with E-state index in [9.17, 15) is 13.2 Å². The van der Waals surface area contributed by atoms with E-state index in [1.54, 1.807) is 36.8 Å². The fourth-order valence-corrected chi connectivity index (χ4v) is 3.88. The van der Waals surface area contributed by atoms with Crippen LogP contribution in [0.4, 0.5) is 5.69 Å². The number of amides is 1.